The van der Waals surface area contributed by atoms with Gasteiger partial charge in [0.2, 0.25) is 0 Å². The van der Waals surface area contributed by atoms with E-state index in [0.29, 0.717) is 43.3 Å². The van der Waals surface area contributed by atoms with E-state index >= 15 is 0 Å². The third-order valence-electron chi connectivity index (χ3n) is 10.3. The first kappa shape index (κ1) is 37.0. The lowest BCUT2D eigenvalue weighted by atomic mass is 9.94. The Hall–Kier alpha value is -3.29. The van der Waals surface area contributed by atoms with Crippen molar-refractivity contribution < 1.29 is 28.5 Å². The Kier molecular flexibility index (Phi) is 13.7. The van der Waals surface area contributed by atoms with E-state index in [4.69, 9.17) is 23.7 Å². The molecule has 0 bridgehead atoms. The molecule has 2 aromatic carbocycles. The normalized spacial score (nSPS) is 31.1. The quantitative estimate of drug-likeness (QED) is 0.140. The lowest BCUT2D eigenvalue weighted by molar-refractivity contribution is -0.198. The SMILES string of the molecule is CC[C@H]1O[C@@H](/C(C)=C/[C@H](C)/C=C/[C@H]2[C@@H](C)[C@@H]2/C=C/[C@@H]2O[C@H](CC(=O)OC)C[C@H](OCc3ccccc3)[C@H]2OCc2ccccc2)CC=C1C. The average molecular weight is 669 g/mol. The highest BCUT2D eigenvalue weighted by Gasteiger charge is 2.44. The molecule has 2 heterocycles. The summed E-state index contributed by atoms with van der Waals surface area (Å²) >= 11 is 0. The summed E-state index contributed by atoms with van der Waals surface area (Å²) in [6.07, 6.45) is 15.6. The third kappa shape index (κ3) is 10.6. The summed E-state index contributed by atoms with van der Waals surface area (Å²) in [6, 6.07) is 20.3. The van der Waals surface area contributed by atoms with E-state index in [1.165, 1.54) is 18.3 Å². The van der Waals surface area contributed by atoms with Crippen LogP contribution >= 0.6 is 0 Å². The summed E-state index contributed by atoms with van der Waals surface area (Å²) in [7, 11) is 1.42. The maximum absolute atomic E-state index is 12.3. The number of rotatable bonds is 15. The number of allylic oxidation sites excluding steroid dienone is 4. The molecule has 2 fully saturated rings. The minimum absolute atomic E-state index is 0.163. The van der Waals surface area contributed by atoms with Crippen LogP contribution in [0.1, 0.15) is 71.4 Å². The largest absolute Gasteiger partial charge is 0.469 e. The Morgan fingerprint density at radius 3 is 2.24 bits per heavy atom. The Morgan fingerprint density at radius 2 is 1.59 bits per heavy atom. The zero-order chi connectivity index (χ0) is 34.8. The van der Waals surface area contributed by atoms with Gasteiger partial charge in [0.05, 0.1) is 51.2 Å². The van der Waals surface area contributed by atoms with E-state index in [-0.39, 0.29) is 49.0 Å². The van der Waals surface area contributed by atoms with Gasteiger partial charge >= 0.3 is 5.97 Å². The number of ether oxygens (including phenoxy) is 5. The molecule has 2 aliphatic heterocycles. The van der Waals surface area contributed by atoms with Gasteiger partial charge in [-0.05, 0) is 72.6 Å². The molecule has 1 aliphatic carbocycles. The van der Waals surface area contributed by atoms with Crippen molar-refractivity contribution >= 4 is 5.97 Å². The van der Waals surface area contributed by atoms with Crippen LogP contribution in [-0.4, -0.2) is 49.7 Å². The minimum atomic E-state index is -0.366. The van der Waals surface area contributed by atoms with Gasteiger partial charge in [-0.25, -0.2) is 0 Å². The second-order valence-corrected chi connectivity index (χ2v) is 14.1. The first-order valence-electron chi connectivity index (χ1n) is 18.2. The summed E-state index contributed by atoms with van der Waals surface area (Å²) in [5.41, 5.74) is 4.84. The monoisotopic (exact) mass is 668 g/mol. The van der Waals surface area contributed by atoms with E-state index in [0.717, 1.165) is 24.0 Å². The molecule has 6 heteroatoms. The molecule has 1 saturated carbocycles. The van der Waals surface area contributed by atoms with Gasteiger partial charge in [-0.15, -0.1) is 0 Å². The van der Waals surface area contributed by atoms with Crippen LogP contribution in [0.3, 0.4) is 0 Å². The number of benzene rings is 2. The van der Waals surface area contributed by atoms with Crippen LogP contribution in [0.4, 0.5) is 0 Å². The topological polar surface area (TPSA) is 63.2 Å². The van der Waals surface area contributed by atoms with Gasteiger partial charge in [-0.2, -0.15) is 0 Å². The highest BCUT2D eigenvalue weighted by molar-refractivity contribution is 5.69. The lowest BCUT2D eigenvalue weighted by Gasteiger charge is -2.40. The highest BCUT2D eigenvalue weighted by Crippen LogP contribution is 2.48. The first-order valence-corrected chi connectivity index (χ1v) is 18.2. The molecule has 2 aromatic rings. The van der Waals surface area contributed by atoms with Gasteiger partial charge in [0.15, 0.2) is 0 Å². The molecular formula is C43H56O6. The van der Waals surface area contributed by atoms with E-state index < -0.39 is 0 Å². The zero-order valence-electron chi connectivity index (χ0n) is 30.2. The van der Waals surface area contributed by atoms with Crippen LogP contribution < -0.4 is 0 Å². The highest BCUT2D eigenvalue weighted by atomic mass is 16.6. The molecule has 6 nitrogen and oxygen atoms in total. The molecule has 264 valence electrons. The third-order valence-corrected chi connectivity index (χ3v) is 10.3. The van der Waals surface area contributed by atoms with Crippen molar-refractivity contribution in [3.8, 4) is 0 Å². The molecule has 0 unspecified atom stereocenters. The van der Waals surface area contributed by atoms with Crippen molar-refractivity contribution in [2.24, 2.45) is 23.7 Å². The van der Waals surface area contributed by atoms with E-state index in [2.05, 4.69) is 95.3 Å². The predicted molar refractivity (Wildman–Crippen MR) is 195 cm³/mol. The fraction of sp³-hybridized carbons (Fsp3) is 0.512. The van der Waals surface area contributed by atoms with E-state index in [1.807, 2.05) is 36.4 Å². The molecule has 49 heavy (non-hydrogen) atoms. The molecule has 0 radical (unpaired) electrons. The van der Waals surface area contributed by atoms with Gasteiger partial charge in [0, 0.05) is 6.42 Å². The van der Waals surface area contributed by atoms with Crippen molar-refractivity contribution in [1.82, 2.24) is 0 Å². The smallest absolute Gasteiger partial charge is 0.308 e. The van der Waals surface area contributed by atoms with Crippen molar-refractivity contribution in [3.05, 3.63) is 119 Å². The summed E-state index contributed by atoms with van der Waals surface area (Å²) in [4.78, 5) is 12.3. The Morgan fingerprint density at radius 1 is 0.939 bits per heavy atom. The molecule has 0 aromatic heterocycles. The summed E-state index contributed by atoms with van der Waals surface area (Å²) < 4.78 is 31.1. The van der Waals surface area contributed by atoms with E-state index in [1.54, 1.807) is 0 Å². The van der Waals surface area contributed by atoms with Gasteiger partial charge in [-0.1, -0.05) is 118 Å². The second-order valence-electron chi connectivity index (χ2n) is 14.1. The molecule has 3 aliphatic rings. The fourth-order valence-electron chi connectivity index (χ4n) is 7.17. The Labute approximate surface area is 294 Å². The molecule has 0 spiro atoms. The molecule has 1 saturated heterocycles. The average Bonchev–Trinajstić information content (AvgIpc) is 3.75. The van der Waals surface area contributed by atoms with Gasteiger partial charge in [0.1, 0.15) is 12.2 Å². The van der Waals surface area contributed by atoms with Crippen molar-refractivity contribution in [1.29, 1.82) is 0 Å². The lowest BCUT2D eigenvalue weighted by Crippen LogP contribution is -2.50. The fourth-order valence-corrected chi connectivity index (χ4v) is 7.17. The Bertz CT molecular complexity index is 1450. The number of hydrogen-bond donors (Lipinski definition) is 0. The summed E-state index contributed by atoms with van der Waals surface area (Å²) in [5, 5.41) is 0. The maximum atomic E-state index is 12.3. The standard InChI is InChI=1S/C43H56O6/c1-7-38-30(3)19-22-39(49-38)31(4)24-29(2)18-20-36-32(5)37(36)21-23-40-43(47-28-34-16-12-9-13-17-34)41(25-35(48-40)26-42(44)45-6)46-27-33-14-10-8-11-15-33/h8-21,23-24,29,32,35-41,43H,7,22,25-28H2,1-6H3/b20-18+,23-21+,31-24+/t29-,32-,35+,36+,37+,38-,39-,40+,41+,43+/m1/s1. The molecule has 10 atom stereocenters. The summed E-state index contributed by atoms with van der Waals surface area (Å²) in [5.74, 6) is 1.46. The van der Waals surface area contributed by atoms with Crippen molar-refractivity contribution in [2.75, 3.05) is 7.11 Å². The number of methoxy groups -OCH3 is 1. The molecule has 0 N–H and O–H groups in total. The van der Waals surface area contributed by atoms with Crippen LogP contribution in [0.2, 0.25) is 0 Å². The van der Waals surface area contributed by atoms with Gasteiger partial charge in [0.25, 0.3) is 0 Å². The number of carbonyl (C=O) groups excluding carboxylic acids is 1. The molecular weight excluding hydrogens is 612 g/mol. The van der Waals surface area contributed by atoms with Gasteiger partial charge < -0.3 is 23.7 Å². The van der Waals surface area contributed by atoms with Crippen molar-refractivity contribution in [2.45, 2.75) is 110 Å². The van der Waals surface area contributed by atoms with Crippen LogP contribution in [0.5, 0.6) is 0 Å². The van der Waals surface area contributed by atoms with Crippen molar-refractivity contribution in [3.63, 3.8) is 0 Å². The van der Waals surface area contributed by atoms with Crippen LogP contribution in [0, 0.1) is 23.7 Å². The molecule has 5 rings (SSSR count). The summed E-state index contributed by atoms with van der Waals surface area (Å²) in [6.45, 7) is 12.0. The molecule has 0 amide bonds. The number of esters is 1. The minimum Gasteiger partial charge on any atom is -0.469 e. The maximum Gasteiger partial charge on any atom is 0.308 e. The second kappa shape index (κ2) is 18.1. The number of hydrogen-bond acceptors (Lipinski definition) is 6. The van der Waals surface area contributed by atoms with Gasteiger partial charge in [-0.3, -0.25) is 4.79 Å². The van der Waals surface area contributed by atoms with E-state index in [9.17, 15) is 4.79 Å². The first-order chi connectivity index (χ1) is 23.7. The van der Waals surface area contributed by atoms with Crippen LogP contribution in [-0.2, 0) is 41.7 Å². The number of carbonyl (C=O) groups is 1. The van der Waals surface area contributed by atoms with Crippen LogP contribution in [0.15, 0.2) is 108 Å². The Balaban J connectivity index is 1.27. The zero-order valence-corrected chi connectivity index (χ0v) is 30.2. The predicted octanol–water partition coefficient (Wildman–Crippen LogP) is 8.97. The van der Waals surface area contributed by atoms with Crippen LogP contribution in [0.25, 0.3) is 0 Å².